The minimum atomic E-state index is -4.65. The zero-order valence-corrected chi connectivity index (χ0v) is 14.9. The van der Waals surface area contributed by atoms with Gasteiger partial charge < -0.3 is 16.2 Å². The van der Waals surface area contributed by atoms with E-state index < -0.39 is 34.3 Å². The third-order valence-corrected chi connectivity index (χ3v) is 4.24. The molecule has 0 bridgehead atoms. The molecule has 2 heterocycles. The number of alkyl halides is 3. The van der Waals surface area contributed by atoms with Gasteiger partial charge in [0, 0.05) is 18.1 Å². The number of hydrogen-bond acceptors (Lipinski definition) is 6. The van der Waals surface area contributed by atoms with E-state index in [2.05, 4.69) is 15.3 Å². The Morgan fingerprint density at radius 3 is 2.38 bits per heavy atom. The molecular weight excluding hydrogens is 373 g/mol. The Morgan fingerprint density at radius 2 is 2.00 bits per heavy atom. The highest BCUT2D eigenvalue weighted by molar-refractivity contribution is 7.99. The second kappa shape index (κ2) is 8.21. The Balaban J connectivity index is 0.000000260. The van der Waals surface area contributed by atoms with Gasteiger partial charge in [-0.25, -0.2) is 4.79 Å². The number of carboxylic acid groups (broad SMARTS) is 1. The number of aliphatic carboxylic acids is 1. The molecule has 7 nitrogen and oxygen atoms in total. The lowest BCUT2D eigenvalue weighted by molar-refractivity contribution is -0.141. The predicted octanol–water partition coefficient (Wildman–Crippen LogP) is 2.25. The topological polar surface area (TPSA) is 118 Å². The molecule has 142 valence electrons. The van der Waals surface area contributed by atoms with Crippen molar-refractivity contribution in [3.05, 3.63) is 40.9 Å². The predicted molar refractivity (Wildman–Crippen MR) is 91.6 cm³/mol. The fraction of sp³-hybridized carbons (Fsp3) is 0.333. The van der Waals surface area contributed by atoms with E-state index in [4.69, 9.17) is 10.8 Å². The summed E-state index contributed by atoms with van der Waals surface area (Å²) in [6.07, 6.45) is -0.366. The molecule has 1 aliphatic heterocycles. The zero-order chi connectivity index (χ0) is 20.1. The van der Waals surface area contributed by atoms with Gasteiger partial charge in [-0.2, -0.15) is 13.2 Å². The second-order valence-corrected chi connectivity index (χ2v) is 6.38. The maximum absolute atomic E-state index is 12.1. The van der Waals surface area contributed by atoms with Crippen LogP contribution in [0.2, 0.25) is 0 Å². The molecule has 0 aromatic carbocycles. The van der Waals surface area contributed by atoms with Gasteiger partial charge in [0.2, 0.25) is 0 Å². The van der Waals surface area contributed by atoms with E-state index in [1.54, 1.807) is 6.92 Å². The first-order valence-corrected chi connectivity index (χ1v) is 8.28. The number of nitrogens with zero attached hydrogens (tertiary/aromatic N) is 2. The Bertz CT molecular complexity index is 765. The summed E-state index contributed by atoms with van der Waals surface area (Å²) >= 11 is 1.53. The van der Waals surface area contributed by atoms with Gasteiger partial charge in [0.25, 0.3) is 5.91 Å². The SMILES string of the molecule is CSC1(C)N=CC(C(=O)O)=C(C)N1.NC(=O)c1cccnc1C(F)(F)F. The highest BCUT2D eigenvalue weighted by Gasteiger charge is 2.36. The van der Waals surface area contributed by atoms with Crippen molar-refractivity contribution in [3.63, 3.8) is 0 Å². The minimum Gasteiger partial charge on any atom is -0.478 e. The number of nitrogens with one attached hydrogen (secondary N) is 1. The van der Waals surface area contributed by atoms with Crippen molar-refractivity contribution >= 4 is 29.9 Å². The fourth-order valence-corrected chi connectivity index (χ4v) is 2.29. The fourth-order valence-electron chi connectivity index (χ4n) is 1.88. The molecule has 0 fully saturated rings. The third-order valence-electron chi connectivity index (χ3n) is 3.23. The van der Waals surface area contributed by atoms with Gasteiger partial charge in [-0.15, -0.1) is 11.8 Å². The number of halogens is 3. The lowest BCUT2D eigenvalue weighted by Crippen LogP contribution is -2.39. The number of rotatable bonds is 3. The number of hydrogen-bond donors (Lipinski definition) is 3. The number of amides is 1. The lowest BCUT2D eigenvalue weighted by atomic mass is 10.2. The average molecular weight is 390 g/mol. The Labute approximate surface area is 151 Å². The molecular formula is C15H17F3N4O3S. The van der Waals surface area contributed by atoms with E-state index >= 15 is 0 Å². The van der Waals surface area contributed by atoms with Crippen molar-refractivity contribution in [2.24, 2.45) is 10.7 Å². The molecule has 1 amide bonds. The summed E-state index contributed by atoms with van der Waals surface area (Å²) in [6, 6.07) is 2.20. The third kappa shape index (κ3) is 5.48. The minimum absolute atomic E-state index is 0.228. The highest BCUT2D eigenvalue weighted by atomic mass is 32.2. The van der Waals surface area contributed by atoms with E-state index in [9.17, 15) is 22.8 Å². The van der Waals surface area contributed by atoms with Gasteiger partial charge in [-0.05, 0) is 32.2 Å². The molecule has 0 saturated carbocycles. The van der Waals surface area contributed by atoms with Crippen LogP contribution in [0.25, 0.3) is 0 Å². The molecule has 11 heteroatoms. The number of aliphatic imine (C=N–C) groups is 1. The van der Waals surface area contributed by atoms with Gasteiger partial charge >= 0.3 is 12.1 Å². The van der Waals surface area contributed by atoms with Crippen LogP contribution in [0.5, 0.6) is 0 Å². The van der Waals surface area contributed by atoms with Crippen LogP contribution in [0, 0.1) is 0 Å². The van der Waals surface area contributed by atoms with Gasteiger partial charge in [-0.1, -0.05) is 0 Å². The van der Waals surface area contributed by atoms with E-state index in [1.165, 1.54) is 24.0 Å². The number of allylic oxidation sites excluding steroid dienone is 1. The van der Waals surface area contributed by atoms with E-state index in [1.807, 2.05) is 13.2 Å². The van der Waals surface area contributed by atoms with E-state index in [0.29, 0.717) is 5.70 Å². The molecule has 1 aromatic rings. The largest absolute Gasteiger partial charge is 0.478 e. The molecule has 0 radical (unpaired) electrons. The summed E-state index contributed by atoms with van der Waals surface area (Å²) < 4.78 is 36.4. The van der Waals surface area contributed by atoms with Crippen LogP contribution in [-0.2, 0) is 11.0 Å². The van der Waals surface area contributed by atoms with Crippen LogP contribution in [0.1, 0.15) is 29.9 Å². The first-order chi connectivity index (χ1) is 11.9. The summed E-state index contributed by atoms with van der Waals surface area (Å²) in [7, 11) is 0. The van der Waals surface area contributed by atoms with E-state index in [0.717, 1.165) is 12.3 Å². The molecule has 4 N–H and O–H groups in total. The van der Waals surface area contributed by atoms with Crippen molar-refractivity contribution < 1.29 is 27.9 Å². The smallest absolute Gasteiger partial charge is 0.434 e. The number of pyridine rings is 1. The summed E-state index contributed by atoms with van der Waals surface area (Å²) in [4.78, 5) is 28.0. The van der Waals surface area contributed by atoms with Crippen LogP contribution in [-0.4, -0.2) is 39.4 Å². The summed E-state index contributed by atoms with van der Waals surface area (Å²) in [6.45, 7) is 3.64. The zero-order valence-electron chi connectivity index (χ0n) is 14.1. The lowest BCUT2D eigenvalue weighted by Gasteiger charge is -2.29. The number of carbonyl (C=O) groups excluding carboxylic acids is 1. The standard InChI is InChI=1S/C8H12N2O2S.C7H5F3N2O/c1-5-6(7(11)12)4-9-8(2,10-5)13-3;8-7(9,10)5-4(6(11)13)2-1-3-12-5/h4,10H,1-3H3,(H,11,12);1-3H,(H2,11,13). The first-order valence-electron chi connectivity index (χ1n) is 7.06. The highest BCUT2D eigenvalue weighted by Crippen LogP contribution is 2.29. The van der Waals surface area contributed by atoms with Crippen LogP contribution >= 0.6 is 11.8 Å². The van der Waals surface area contributed by atoms with Gasteiger partial charge in [0.15, 0.2) is 10.7 Å². The number of nitrogens with two attached hydrogens (primary N) is 1. The average Bonchev–Trinajstić information content (AvgIpc) is 2.54. The normalized spacial score (nSPS) is 19.3. The quantitative estimate of drug-likeness (QED) is 0.729. The molecule has 26 heavy (non-hydrogen) atoms. The number of thioether (sulfide) groups is 1. The number of aromatic nitrogens is 1. The van der Waals surface area contributed by atoms with Gasteiger partial charge in [-0.3, -0.25) is 14.8 Å². The monoisotopic (exact) mass is 390 g/mol. The maximum Gasteiger partial charge on any atom is 0.434 e. The van der Waals surface area contributed by atoms with Crippen LogP contribution in [0.3, 0.4) is 0 Å². The molecule has 1 atom stereocenters. The van der Waals surface area contributed by atoms with Crippen molar-refractivity contribution in [2.45, 2.75) is 25.0 Å². The second-order valence-electron chi connectivity index (χ2n) is 5.18. The molecule has 0 spiro atoms. The molecule has 0 saturated heterocycles. The van der Waals surface area contributed by atoms with E-state index in [-0.39, 0.29) is 5.57 Å². The van der Waals surface area contributed by atoms with Crippen LogP contribution in [0.15, 0.2) is 34.6 Å². The Morgan fingerprint density at radius 1 is 1.38 bits per heavy atom. The number of carbonyl (C=O) groups is 2. The van der Waals surface area contributed by atoms with Crippen LogP contribution in [0.4, 0.5) is 13.2 Å². The van der Waals surface area contributed by atoms with Crippen LogP contribution < -0.4 is 11.1 Å². The van der Waals surface area contributed by atoms with Crippen molar-refractivity contribution in [1.82, 2.24) is 10.3 Å². The molecule has 0 aliphatic carbocycles. The summed E-state index contributed by atoms with van der Waals surface area (Å²) in [5.74, 6) is -2.09. The van der Waals surface area contributed by atoms with Crippen molar-refractivity contribution in [3.8, 4) is 0 Å². The Hall–Kier alpha value is -2.56. The van der Waals surface area contributed by atoms with Gasteiger partial charge in [0.05, 0.1) is 11.1 Å². The summed E-state index contributed by atoms with van der Waals surface area (Å²) in [5.41, 5.74) is 3.75. The number of carboxylic acids is 1. The van der Waals surface area contributed by atoms with Crippen molar-refractivity contribution in [1.29, 1.82) is 0 Å². The first kappa shape index (κ1) is 21.5. The number of primary amides is 1. The molecule has 1 aromatic heterocycles. The molecule has 2 rings (SSSR count). The van der Waals surface area contributed by atoms with Crippen molar-refractivity contribution in [2.75, 3.05) is 6.26 Å². The van der Waals surface area contributed by atoms with Gasteiger partial charge in [0.1, 0.15) is 0 Å². The maximum atomic E-state index is 12.1. The Kier molecular flexibility index (Phi) is 6.79. The molecule has 1 unspecified atom stereocenters. The molecule has 1 aliphatic rings. The summed E-state index contributed by atoms with van der Waals surface area (Å²) in [5, 5.41) is 11.8.